The van der Waals surface area contributed by atoms with Gasteiger partial charge in [0.25, 0.3) is 0 Å². The fourth-order valence-corrected chi connectivity index (χ4v) is 4.35. The predicted octanol–water partition coefficient (Wildman–Crippen LogP) is 2.78. The third kappa shape index (κ3) is 7.16. The molecule has 0 aromatic heterocycles. The number of benzene rings is 2. The fraction of sp³-hybridized carbons (Fsp3) is 0.429. The Morgan fingerprint density at radius 3 is 2.22 bits per heavy atom. The molecule has 1 heterocycles. The van der Waals surface area contributed by atoms with E-state index in [1.165, 1.54) is 7.11 Å². The van der Waals surface area contributed by atoms with Gasteiger partial charge in [0.1, 0.15) is 12.1 Å². The first-order valence-electron chi connectivity index (χ1n) is 12.4. The van der Waals surface area contributed by atoms with Crippen LogP contribution < -0.4 is 10.6 Å². The summed E-state index contributed by atoms with van der Waals surface area (Å²) >= 11 is 0. The van der Waals surface area contributed by atoms with Crippen molar-refractivity contribution in [3.8, 4) is 0 Å². The third-order valence-corrected chi connectivity index (χ3v) is 6.40. The summed E-state index contributed by atoms with van der Waals surface area (Å²) in [5, 5.41) is 5.54. The van der Waals surface area contributed by atoms with Crippen molar-refractivity contribution in [2.24, 2.45) is 5.92 Å². The largest absolute Gasteiger partial charge is 0.467 e. The summed E-state index contributed by atoms with van der Waals surface area (Å²) in [6, 6.07) is 17.6. The quantitative estimate of drug-likeness (QED) is 0.350. The Hall–Kier alpha value is -3.68. The number of hydrogen-bond acceptors (Lipinski definition) is 5. The van der Waals surface area contributed by atoms with Gasteiger partial charge in [-0.1, -0.05) is 74.5 Å². The second kappa shape index (κ2) is 12.9. The average Bonchev–Trinajstić information content (AvgIpc) is 2.88. The van der Waals surface area contributed by atoms with E-state index < -0.39 is 24.0 Å². The predicted molar refractivity (Wildman–Crippen MR) is 136 cm³/mol. The molecule has 8 nitrogen and oxygen atoms in total. The first kappa shape index (κ1) is 26.9. The molecule has 1 saturated heterocycles. The Kier molecular flexibility index (Phi) is 9.61. The number of ether oxygens (including phenoxy) is 1. The van der Waals surface area contributed by atoms with Gasteiger partial charge in [-0.3, -0.25) is 14.4 Å². The molecule has 3 rings (SSSR count). The molecular formula is C28H35N3O5. The van der Waals surface area contributed by atoms with E-state index in [1.807, 2.05) is 74.5 Å². The molecular weight excluding hydrogens is 458 g/mol. The first-order valence-corrected chi connectivity index (χ1v) is 12.4. The van der Waals surface area contributed by atoms with Crippen molar-refractivity contribution in [2.45, 2.75) is 57.7 Å². The number of rotatable bonds is 12. The highest BCUT2D eigenvalue weighted by Crippen LogP contribution is 2.34. The Morgan fingerprint density at radius 1 is 1.00 bits per heavy atom. The lowest BCUT2D eigenvalue weighted by Crippen LogP contribution is -2.54. The molecule has 8 heteroatoms. The number of carbonyl (C=O) groups excluding carboxylic acids is 4. The lowest BCUT2D eigenvalue weighted by molar-refractivity contribution is -0.147. The van der Waals surface area contributed by atoms with Gasteiger partial charge in [-0.25, -0.2) is 4.79 Å². The summed E-state index contributed by atoms with van der Waals surface area (Å²) in [6.45, 7) is 4.14. The zero-order chi connectivity index (χ0) is 26.1. The minimum Gasteiger partial charge on any atom is -0.467 e. The number of nitrogens with zero attached hydrogens (tertiary/aromatic N) is 1. The molecule has 192 valence electrons. The van der Waals surface area contributed by atoms with Crippen molar-refractivity contribution in [2.75, 3.05) is 13.7 Å². The molecule has 1 aliphatic rings. The first-order chi connectivity index (χ1) is 17.3. The number of amides is 3. The fourth-order valence-electron chi connectivity index (χ4n) is 4.35. The van der Waals surface area contributed by atoms with Crippen LogP contribution in [0.1, 0.15) is 50.3 Å². The van der Waals surface area contributed by atoms with Crippen LogP contribution in [-0.2, 0) is 30.3 Å². The Balaban J connectivity index is 1.52. The SMILES string of the molecule is COC(=O)[C@H](Cc1ccccc1)NC(=O)[C@@H](NC(=O)CCCN1C(=O)CC1c1ccccc1)C(C)C. The molecule has 2 aromatic carbocycles. The van der Waals surface area contributed by atoms with Gasteiger partial charge < -0.3 is 20.3 Å². The third-order valence-electron chi connectivity index (χ3n) is 6.40. The van der Waals surface area contributed by atoms with Crippen molar-refractivity contribution in [1.82, 2.24) is 15.5 Å². The molecule has 0 spiro atoms. The topological polar surface area (TPSA) is 105 Å². The maximum atomic E-state index is 13.0. The van der Waals surface area contributed by atoms with E-state index in [1.54, 1.807) is 4.90 Å². The zero-order valence-electron chi connectivity index (χ0n) is 21.1. The van der Waals surface area contributed by atoms with Crippen LogP contribution >= 0.6 is 0 Å². The molecule has 3 atom stereocenters. The van der Waals surface area contributed by atoms with E-state index in [0.717, 1.165) is 11.1 Å². The second-order valence-electron chi connectivity index (χ2n) is 9.38. The van der Waals surface area contributed by atoms with Crippen LogP contribution in [0.5, 0.6) is 0 Å². The van der Waals surface area contributed by atoms with Crippen LogP contribution in [-0.4, -0.2) is 54.3 Å². The Bertz CT molecular complexity index is 1040. The number of likely N-dealkylation sites (tertiary alicyclic amines) is 1. The van der Waals surface area contributed by atoms with Gasteiger partial charge in [-0.2, -0.15) is 0 Å². The summed E-state index contributed by atoms with van der Waals surface area (Å²) in [5.74, 6) is -1.37. The van der Waals surface area contributed by atoms with Crippen LogP contribution in [0.2, 0.25) is 0 Å². The minimum atomic E-state index is -0.865. The number of methoxy groups -OCH3 is 1. The van der Waals surface area contributed by atoms with Gasteiger partial charge in [0.15, 0.2) is 0 Å². The number of β-lactam (4-membered cyclic amide) rings is 1. The lowest BCUT2D eigenvalue weighted by atomic mass is 9.93. The Labute approximate surface area is 212 Å². The van der Waals surface area contributed by atoms with Crippen molar-refractivity contribution < 1.29 is 23.9 Å². The molecule has 0 saturated carbocycles. The highest BCUT2D eigenvalue weighted by atomic mass is 16.5. The van der Waals surface area contributed by atoms with Crippen LogP contribution in [0.15, 0.2) is 60.7 Å². The van der Waals surface area contributed by atoms with Gasteiger partial charge in [0.2, 0.25) is 17.7 Å². The van der Waals surface area contributed by atoms with Gasteiger partial charge in [-0.15, -0.1) is 0 Å². The van der Waals surface area contributed by atoms with E-state index >= 15 is 0 Å². The molecule has 36 heavy (non-hydrogen) atoms. The number of nitrogens with one attached hydrogen (secondary N) is 2. The molecule has 0 radical (unpaired) electrons. The van der Waals surface area contributed by atoms with Gasteiger partial charge in [0.05, 0.1) is 19.6 Å². The van der Waals surface area contributed by atoms with Crippen LogP contribution in [0.3, 0.4) is 0 Å². The van der Waals surface area contributed by atoms with E-state index in [-0.39, 0.29) is 36.6 Å². The number of esters is 1. The molecule has 2 N–H and O–H groups in total. The van der Waals surface area contributed by atoms with Crippen molar-refractivity contribution in [1.29, 1.82) is 0 Å². The summed E-state index contributed by atoms with van der Waals surface area (Å²) in [7, 11) is 1.28. The van der Waals surface area contributed by atoms with E-state index in [9.17, 15) is 19.2 Å². The van der Waals surface area contributed by atoms with Gasteiger partial charge >= 0.3 is 5.97 Å². The normalized spacial score (nSPS) is 16.6. The highest BCUT2D eigenvalue weighted by molar-refractivity contribution is 5.91. The highest BCUT2D eigenvalue weighted by Gasteiger charge is 2.36. The molecule has 3 amide bonds. The summed E-state index contributed by atoms with van der Waals surface area (Å²) in [5.41, 5.74) is 1.97. The summed E-state index contributed by atoms with van der Waals surface area (Å²) < 4.78 is 4.87. The summed E-state index contributed by atoms with van der Waals surface area (Å²) in [6.07, 6.45) is 1.44. The molecule has 1 aliphatic heterocycles. The number of carbonyl (C=O) groups is 4. The van der Waals surface area contributed by atoms with Crippen LogP contribution in [0.25, 0.3) is 0 Å². The molecule has 0 bridgehead atoms. The molecule has 2 aromatic rings. The molecule has 0 aliphatic carbocycles. The second-order valence-corrected chi connectivity index (χ2v) is 9.38. The van der Waals surface area contributed by atoms with Crippen molar-refractivity contribution in [3.05, 3.63) is 71.8 Å². The maximum Gasteiger partial charge on any atom is 0.328 e. The van der Waals surface area contributed by atoms with Crippen molar-refractivity contribution >= 4 is 23.7 Å². The monoisotopic (exact) mass is 493 g/mol. The van der Waals surface area contributed by atoms with Crippen molar-refractivity contribution in [3.63, 3.8) is 0 Å². The van der Waals surface area contributed by atoms with Gasteiger partial charge in [-0.05, 0) is 23.5 Å². The average molecular weight is 494 g/mol. The molecule has 1 fully saturated rings. The molecule has 1 unspecified atom stereocenters. The minimum absolute atomic E-state index is 0.0517. The number of hydrogen-bond donors (Lipinski definition) is 2. The van der Waals surface area contributed by atoms with E-state index in [2.05, 4.69) is 10.6 Å². The smallest absolute Gasteiger partial charge is 0.328 e. The van der Waals surface area contributed by atoms with Crippen LogP contribution in [0, 0.1) is 5.92 Å². The summed E-state index contributed by atoms with van der Waals surface area (Å²) in [4.78, 5) is 51.9. The Morgan fingerprint density at radius 2 is 1.64 bits per heavy atom. The van der Waals surface area contributed by atoms with Gasteiger partial charge in [0, 0.05) is 19.4 Å². The maximum absolute atomic E-state index is 13.0. The van der Waals surface area contributed by atoms with E-state index in [4.69, 9.17) is 4.74 Å². The zero-order valence-corrected chi connectivity index (χ0v) is 21.1. The standard InChI is InChI=1S/C28H35N3O5/c1-19(2)26(27(34)29-22(28(35)36-3)17-20-11-6-4-7-12-20)30-24(32)15-10-16-31-23(18-25(31)33)21-13-8-5-9-14-21/h4-9,11-14,19,22-23,26H,10,15-18H2,1-3H3,(H,29,34)(H,30,32)/t22-,23?,26-/m0/s1. The van der Waals surface area contributed by atoms with Crippen LogP contribution in [0.4, 0.5) is 0 Å². The van der Waals surface area contributed by atoms with E-state index in [0.29, 0.717) is 19.4 Å². The lowest BCUT2D eigenvalue weighted by Gasteiger charge is -2.41.